The van der Waals surface area contributed by atoms with E-state index in [0.717, 1.165) is 49.8 Å². The third-order valence-corrected chi connectivity index (χ3v) is 7.50. The van der Waals surface area contributed by atoms with Gasteiger partial charge in [-0.15, -0.1) is 0 Å². The van der Waals surface area contributed by atoms with E-state index >= 15 is 0 Å². The molecule has 1 aromatic heterocycles. The monoisotopic (exact) mass is 369 g/mol. The van der Waals surface area contributed by atoms with Crippen LogP contribution in [0.3, 0.4) is 0 Å². The van der Waals surface area contributed by atoms with Crippen molar-refractivity contribution < 1.29 is 9.53 Å². The molecule has 134 valence electrons. The first-order chi connectivity index (χ1) is 11.8. The Morgan fingerprint density at radius 1 is 1.38 bits per heavy atom. The van der Waals surface area contributed by atoms with Gasteiger partial charge >= 0.3 is 0 Å². The van der Waals surface area contributed by atoms with Crippen LogP contribution in [0.1, 0.15) is 51.4 Å². The molecule has 2 atom stereocenters. The average molecular weight is 370 g/mol. The molecule has 0 saturated carbocycles. The van der Waals surface area contributed by atoms with Gasteiger partial charge in [-0.3, -0.25) is 9.48 Å². The molecule has 0 spiro atoms. The topological polar surface area (TPSA) is 56.2 Å². The lowest BCUT2D eigenvalue weighted by Gasteiger charge is -2.22. The van der Waals surface area contributed by atoms with Crippen molar-refractivity contribution in [1.82, 2.24) is 9.78 Å². The third-order valence-electron chi connectivity index (χ3n) is 4.49. The van der Waals surface area contributed by atoms with Gasteiger partial charge in [0.1, 0.15) is 0 Å². The van der Waals surface area contributed by atoms with Crippen molar-refractivity contribution in [1.29, 1.82) is 0 Å². The maximum Gasteiger partial charge on any atom is 0.224 e. The van der Waals surface area contributed by atoms with E-state index in [2.05, 4.69) is 10.4 Å². The van der Waals surface area contributed by atoms with Crippen LogP contribution in [0.2, 0.25) is 0 Å². The Morgan fingerprint density at radius 3 is 3.12 bits per heavy atom. The summed E-state index contributed by atoms with van der Waals surface area (Å²) in [6, 6.07) is 0. The van der Waals surface area contributed by atoms with E-state index in [9.17, 15) is 4.79 Å². The largest absolute Gasteiger partial charge is 0.376 e. The van der Waals surface area contributed by atoms with Gasteiger partial charge in [-0.1, -0.05) is 28.0 Å². The van der Waals surface area contributed by atoms with Crippen molar-refractivity contribution in [3.63, 3.8) is 0 Å². The Kier molecular flexibility index (Phi) is 7.35. The molecule has 3 rings (SSSR count). The second kappa shape index (κ2) is 9.73. The number of anilines is 1. The van der Waals surface area contributed by atoms with E-state index in [0.29, 0.717) is 6.42 Å². The van der Waals surface area contributed by atoms with Gasteiger partial charge in [0.25, 0.3) is 0 Å². The fraction of sp³-hybridized carbons (Fsp3) is 0.765. The maximum atomic E-state index is 12.0. The summed E-state index contributed by atoms with van der Waals surface area (Å²) in [5, 5.41) is 8.09. The van der Waals surface area contributed by atoms with Crippen LogP contribution in [-0.2, 0) is 16.1 Å². The minimum absolute atomic E-state index is 0.0944. The Bertz CT molecular complexity index is 512. The number of ether oxygens (including phenoxy) is 1. The number of carbonyl (C=O) groups excluding carboxylic acids is 1. The van der Waals surface area contributed by atoms with E-state index in [1.807, 2.05) is 32.5 Å². The quantitative estimate of drug-likeness (QED) is 0.552. The zero-order valence-electron chi connectivity index (χ0n) is 14.1. The van der Waals surface area contributed by atoms with Gasteiger partial charge in [-0.2, -0.15) is 5.10 Å². The standard InChI is InChI=1S/C17H27N3O2S2/c21-17(7-2-1-6-16-8-10-23-24-16)19-14-11-18-20(12-14)13-15-5-3-4-9-22-15/h11-12,15-16H,1-10,13H2,(H,19,21)/t15-,16-/m0/s1. The second-order valence-corrected chi connectivity index (χ2v) is 9.35. The number of rotatable bonds is 8. The Labute approximate surface area is 152 Å². The maximum absolute atomic E-state index is 12.0. The summed E-state index contributed by atoms with van der Waals surface area (Å²) >= 11 is 0. The van der Waals surface area contributed by atoms with Crippen LogP contribution in [0.25, 0.3) is 0 Å². The molecule has 0 unspecified atom stereocenters. The Morgan fingerprint density at radius 2 is 2.33 bits per heavy atom. The van der Waals surface area contributed by atoms with E-state index in [4.69, 9.17) is 4.74 Å². The lowest BCUT2D eigenvalue weighted by atomic mass is 10.1. The number of nitrogens with zero attached hydrogens (tertiary/aromatic N) is 2. The lowest BCUT2D eigenvalue weighted by Crippen LogP contribution is -2.24. The molecule has 0 aliphatic carbocycles. The zero-order valence-corrected chi connectivity index (χ0v) is 15.7. The average Bonchev–Trinajstić information content (AvgIpc) is 3.25. The molecule has 5 nitrogen and oxygen atoms in total. The minimum Gasteiger partial charge on any atom is -0.376 e. The fourth-order valence-electron chi connectivity index (χ4n) is 3.13. The van der Waals surface area contributed by atoms with E-state index in [1.165, 1.54) is 25.0 Å². The molecule has 1 amide bonds. The lowest BCUT2D eigenvalue weighted by molar-refractivity contribution is -0.116. The minimum atomic E-state index is 0.0944. The molecule has 2 aliphatic heterocycles. The van der Waals surface area contributed by atoms with E-state index in [-0.39, 0.29) is 12.0 Å². The van der Waals surface area contributed by atoms with Crippen LogP contribution >= 0.6 is 21.6 Å². The van der Waals surface area contributed by atoms with E-state index in [1.54, 1.807) is 6.20 Å². The van der Waals surface area contributed by atoms with E-state index < -0.39 is 0 Å². The number of hydrogen-bond acceptors (Lipinski definition) is 5. The zero-order chi connectivity index (χ0) is 16.6. The van der Waals surface area contributed by atoms with Gasteiger partial charge in [-0.05, 0) is 38.5 Å². The highest BCUT2D eigenvalue weighted by atomic mass is 33.1. The first-order valence-corrected chi connectivity index (χ1v) is 11.4. The molecule has 2 aliphatic rings. The molecule has 1 N–H and O–H groups in total. The van der Waals surface area contributed by atoms with Crippen molar-refractivity contribution in [3.8, 4) is 0 Å². The number of amides is 1. The number of aromatic nitrogens is 2. The molecule has 1 aromatic rings. The fourth-order valence-corrected chi connectivity index (χ4v) is 6.16. The van der Waals surface area contributed by atoms with Gasteiger partial charge in [0.05, 0.1) is 24.5 Å². The number of carbonyl (C=O) groups is 1. The van der Waals surface area contributed by atoms with Crippen LogP contribution in [0.4, 0.5) is 5.69 Å². The number of unbranched alkanes of at least 4 members (excludes halogenated alkanes) is 1. The van der Waals surface area contributed by atoms with Crippen LogP contribution in [0.15, 0.2) is 12.4 Å². The summed E-state index contributed by atoms with van der Waals surface area (Å²) < 4.78 is 7.60. The van der Waals surface area contributed by atoms with Crippen molar-refractivity contribution in [2.75, 3.05) is 17.7 Å². The summed E-state index contributed by atoms with van der Waals surface area (Å²) in [5.74, 6) is 1.38. The predicted octanol–water partition coefficient (Wildman–Crippen LogP) is 4.10. The molecular weight excluding hydrogens is 342 g/mol. The van der Waals surface area contributed by atoms with Crippen molar-refractivity contribution in [2.45, 2.75) is 69.3 Å². The normalized spacial score (nSPS) is 24.2. The molecule has 7 heteroatoms. The summed E-state index contributed by atoms with van der Waals surface area (Å²) in [5.41, 5.74) is 0.790. The Hall–Kier alpha value is -0.660. The second-order valence-electron chi connectivity index (χ2n) is 6.56. The van der Waals surface area contributed by atoms with Crippen LogP contribution < -0.4 is 5.32 Å². The van der Waals surface area contributed by atoms with Gasteiger partial charge in [-0.25, -0.2) is 0 Å². The first kappa shape index (κ1) is 18.1. The highest BCUT2D eigenvalue weighted by molar-refractivity contribution is 8.77. The third kappa shape index (κ3) is 6.01. The van der Waals surface area contributed by atoms with Crippen molar-refractivity contribution >= 4 is 33.2 Å². The molecule has 0 bridgehead atoms. The predicted molar refractivity (Wildman–Crippen MR) is 101 cm³/mol. The molecule has 0 aromatic carbocycles. The molecule has 3 heterocycles. The summed E-state index contributed by atoms with van der Waals surface area (Å²) in [4.78, 5) is 12.0. The summed E-state index contributed by atoms with van der Waals surface area (Å²) in [6.45, 7) is 1.63. The van der Waals surface area contributed by atoms with Crippen LogP contribution in [-0.4, -0.2) is 39.4 Å². The van der Waals surface area contributed by atoms with Gasteiger partial charge in [0.15, 0.2) is 0 Å². The summed E-state index contributed by atoms with van der Waals surface area (Å²) in [6.07, 6.45) is 12.7. The molecule has 24 heavy (non-hydrogen) atoms. The molecule has 2 saturated heterocycles. The summed E-state index contributed by atoms with van der Waals surface area (Å²) in [7, 11) is 4.00. The Balaban J connectivity index is 1.32. The smallest absolute Gasteiger partial charge is 0.224 e. The van der Waals surface area contributed by atoms with Gasteiger partial charge in [0, 0.05) is 30.2 Å². The van der Waals surface area contributed by atoms with Crippen LogP contribution in [0, 0.1) is 0 Å². The SMILES string of the molecule is O=C(CCCC[C@H]1CCSS1)Nc1cnn(C[C@@H]2CCCCO2)c1. The highest BCUT2D eigenvalue weighted by Gasteiger charge is 2.16. The molecule has 2 fully saturated rings. The molecule has 0 radical (unpaired) electrons. The van der Waals surface area contributed by atoms with Crippen molar-refractivity contribution in [3.05, 3.63) is 12.4 Å². The van der Waals surface area contributed by atoms with Gasteiger partial charge in [0.2, 0.25) is 5.91 Å². The number of nitrogens with one attached hydrogen (secondary N) is 1. The highest BCUT2D eigenvalue weighted by Crippen LogP contribution is 2.39. The van der Waals surface area contributed by atoms with Crippen molar-refractivity contribution in [2.24, 2.45) is 0 Å². The van der Waals surface area contributed by atoms with Crippen LogP contribution in [0.5, 0.6) is 0 Å². The van der Waals surface area contributed by atoms with Gasteiger partial charge < -0.3 is 10.1 Å². The molecular formula is C17H27N3O2S2. The first-order valence-electron chi connectivity index (χ1n) is 9.02. The number of hydrogen-bond donors (Lipinski definition) is 1.